The summed E-state index contributed by atoms with van der Waals surface area (Å²) in [6.07, 6.45) is -6.20. The molecule has 0 nitrogen and oxygen atoms in total. The molecule has 8 heteroatoms. The first-order valence-electron chi connectivity index (χ1n) is 2.32. The van der Waals surface area contributed by atoms with Crippen LogP contribution < -0.4 is 0 Å². The van der Waals surface area contributed by atoms with Crippen molar-refractivity contribution in [3.8, 4) is 0 Å². The van der Waals surface area contributed by atoms with Crippen molar-refractivity contribution in [2.45, 2.75) is 24.9 Å². The van der Waals surface area contributed by atoms with Crippen molar-refractivity contribution in [1.82, 2.24) is 0 Å². The molecule has 0 aliphatic carbocycles. The van der Waals surface area contributed by atoms with Gasteiger partial charge in [-0.1, -0.05) is 0 Å². The van der Waals surface area contributed by atoms with E-state index in [1.165, 1.54) is 0 Å². The van der Waals surface area contributed by atoms with E-state index in [4.69, 9.17) is 0 Å². The molecule has 0 unspecified atom stereocenters. The Morgan fingerprint density at radius 3 is 1.00 bits per heavy atom. The minimum absolute atomic E-state index is 0. The van der Waals surface area contributed by atoms with Gasteiger partial charge >= 0.3 is 18.0 Å². The summed E-state index contributed by atoms with van der Waals surface area (Å²) in [7, 11) is 0. The van der Waals surface area contributed by atoms with Crippen LogP contribution in [0, 0.1) is 0 Å². The maximum atomic E-state index is 11.6. The van der Waals surface area contributed by atoms with Crippen molar-refractivity contribution < 1.29 is 63.4 Å². The standard InChI is InChI=1S/C4H3F7.Y/c1-2(5,6)3(7,8)4(9,10)11;/h1H3;. The van der Waals surface area contributed by atoms with Gasteiger partial charge in [-0.25, -0.2) is 0 Å². The van der Waals surface area contributed by atoms with E-state index in [2.05, 4.69) is 0 Å². The summed E-state index contributed by atoms with van der Waals surface area (Å²) >= 11 is 0. The molecule has 0 bridgehead atoms. The molecular formula is C4H3F7Y. The van der Waals surface area contributed by atoms with Crippen molar-refractivity contribution >= 4 is 0 Å². The van der Waals surface area contributed by atoms with E-state index in [0.717, 1.165) is 0 Å². The summed E-state index contributed by atoms with van der Waals surface area (Å²) < 4.78 is 79.5. The minimum Gasteiger partial charge on any atom is -0.200 e. The van der Waals surface area contributed by atoms with Gasteiger partial charge in [0.05, 0.1) is 0 Å². The van der Waals surface area contributed by atoms with Gasteiger partial charge in [-0.3, -0.25) is 0 Å². The van der Waals surface area contributed by atoms with Crippen LogP contribution >= 0.6 is 0 Å². The first-order chi connectivity index (χ1) is 4.50. The Morgan fingerprint density at radius 2 is 1.00 bits per heavy atom. The molecule has 12 heavy (non-hydrogen) atoms. The average Bonchev–Trinajstić information content (AvgIpc) is 1.58. The van der Waals surface area contributed by atoms with Gasteiger partial charge in [0.15, 0.2) is 0 Å². The Hall–Kier alpha value is 0.614. The third kappa shape index (κ3) is 2.83. The molecule has 0 atom stereocenters. The van der Waals surface area contributed by atoms with Gasteiger partial charge in [0.1, 0.15) is 0 Å². The largest absolute Gasteiger partial charge is 0.459 e. The van der Waals surface area contributed by atoms with Gasteiger partial charge in [0.25, 0.3) is 0 Å². The number of hydrogen-bond acceptors (Lipinski definition) is 0. The molecule has 0 aromatic rings. The topological polar surface area (TPSA) is 0 Å². The molecule has 0 N–H and O–H groups in total. The maximum absolute atomic E-state index is 11.6. The maximum Gasteiger partial charge on any atom is 0.459 e. The molecule has 0 aliphatic rings. The number of rotatable bonds is 1. The third-order valence-corrected chi connectivity index (χ3v) is 0.907. The summed E-state index contributed by atoms with van der Waals surface area (Å²) in [4.78, 5) is 0. The van der Waals surface area contributed by atoms with Gasteiger partial charge < -0.3 is 0 Å². The normalized spacial score (nSPS) is 14.0. The van der Waals surface area contributed by atoms with E-state index < -0.39 is 24.9 Å². The van der Waals surface area contributed by atoms with Gasteiger partial charge in [-0.2, -0.15) is 30.7 Å². The molecule has 0 aromatic carbocycles. The van der Waals surface area contributed by atoms with Crippen LogP contribution in [0.15, 0.2) is 0 Å². The van der Waals surface area contributed by atoms with Crippen molar-refractivity contribution in [2.75, 3.05) is 0 Å². The van der Waals surface area contributed by atoms with Crippen molar-refractivity contribution in [3.05, 3.63) is 0 Å². The fraction of sp³-hybridized carbons (Fsp3) is 1.00. The van der Waals surface area contributed by atoms with E-state index in [0.29, 0.717) is 0 Å². The summed E-state index contributed by atoms with van der Waals surface area (Å²) in [5, 5.41) is 0. The van der Waals surface area contributed by atoms with Crippen molar-refractivity contribution in [2.24, 2.45) is 0 Å². The van der Waals surface area contributed by atoms with E-state index >= 15 is 0 Å². The van der Waals surface area contributed by atoms with Crippen LogP contribution in [0.2, 0.25) is 0 Å². The van der Waals surface area contributed by atoms with Gasteiger partial charge in [0, 0.05) is 39.6 Å². The number of halogens is 7. The zero-order valence-electron chi connectivity index (χ0n) is 5.72. The smallest absolute Gasteiger partial charge is 0.200 e. The molecule has 0 amide bonds. The third-order valence-electron chi connectivity index (χ3n) is 0.907. The van der Waals surface area contributed by atoms with E-state index in [9.17, 15) is 30.7 Å². The first kappa shape index (κ1) is 15.1. The quantitative estimate of drug-likeness (QED) is 0.644. The van der Waals surface area contributed by atoms with Crippen LogP contribution in [0.5, 0.6) is 0 Å². The van der Waals surface area contributed by atoms with Crippen LogP contribution in [0.1, 0.15) is 6.92 Å². The molecule has 0 aromatic heterocycles. The average molecular weight is 273 g/mol. The van der Waals surface area contributed by atoms with E-state index in [1.807, 2.05) is 0 Å². The summed E-state index contributed by atoms with van der Waals surface area (Å²) in [5.41, 5.74) is 0. The van der Waals surface area contributed by atoms with Crippen LogP contribution in [0.4, 0.5) is 30.7 Å². The molecule has 0 rings (SSSR count). The Bertz CT molecular complexity index is 126. The first-order valence-corrected chi connectivity index (χ1v) is 2.32. The molecule has 0 aliphatic heterocycles. The Kier molecular flexibility index (Phi) is 4.75. The van der Waals surface area contributed by atoms with Crippen LogP contribution in [0.25, 0.3) is 0 Å². The summed E-state index contributed by atoms with van der Waals surface area (Å²) in [6.45, 7) is -0.486. The minimum atomic E-state index is -6.20. The summed E-state index contributed by atoms with van der Waals surface area (Å²) in [5.74, 6) is -11.0. The zero-order valence-corrected chi connectivity index (χ0v) is 8.56. The molecule has 0 fully saturated rings. The zero-order chi connectivity index (χ0) is 9.50. The Labute approximate surface area is 88.4 Å². The van der Waals surface area contributed by atoms with Crippen LogP contribution in [-0.2, 0) is 32.7 Å². The number of alkyl halides is 7. The fourth-order valence-electron chi connectivity index (χ4n) is 0.249. The molecule has 0 heterocycles. The Morgan fingerprint density at radius 1 is 0.750 bits per heavy atom. The predicted molar refractivity (Wildman–Crippen MR) is 21.6 cm³/mol. The molecule has 0 saturated carbocycles. The van der Waals surface area contributed by atoms with E-state index in [1.54, 1.807) is 0 Å². The molecule has 0 saturated heterocycles. The van der Waals surface area contributed by atoms with Gasteiger partial charge in [-0.05, 0) is 0 Å². The summed E-state index contributed by atoms with van der Waals surface area (Å²) in [6, 6.07) is 0. The molecule has 71 valence electrons. The van der Waals surface area contributed by atoms with Crippen LogP contribution in [0.3, 0.4) is 0 Å². The van der Waals surface area contributed by atoms with E-state index in [-0.39, 0.29) is 32.7 Å². The monoisotopic (exact) mass is 273 g/mol. The molecule has 1 radical (unpaired) electrons. The van der Waals surface area contributed by atoms with Gasteiger partial charge in [0.2, 0.25) is 0 Å². The number of hydrogen-bond donors (Lipinski definition) is 0. The Balaban J connectivity index is 0. The van der Waals surface area contributed by atoms with Crippen molar-refractivity contribution in [3.63, 3.8) is 0 Å². The predicted octanol–water partition coefficient (Wildman–Crippen LogP) is 2.84. The van der Waals surface area contributed by atoms with Crippen molar-refractivity contribution in [1.29, 1.82) is 0 Å². The second-order valence-electron chi connectivity index (χ2n) is 1.96. The van der Waals surface area contributed by atoms with Gasteiger partial charge in [-0.15, -0.1) is 0 Å². The van der Waals surface area contributed by atoms with Crippen LogP contribution in [-0.4, -0.2) is 18.0 Å². The second-order valence-corrected chi connectivity index (χ2v) is 1.96. The SMILES string of the molecule is CC(F)(F)C(F)(F)C(F)(F)F.[Y]. The molecule has 0 spiro atoms. The fourth-order valence-corrected chi connectivity index (χ4v) is 0.249. The second kappa shape index (κ2) is 3.78. The molecular weight excluding hydrogens is 270 g/mol.